The van der Waals surface area contributed by atoms with Crippen molar-refractivity contribution in [2.45, 2.75) is 18.8 Å². The van der Waals surface area contributed by atoms with Crippen LogP contribution in [0.5, 0.6) is 0 Å². The molecule has 0 aliphatic heterocycles. The van der Waals surface area contributed by atoms with E-state index >= 15 is 0 Å². The molecule has 1 aliphatic rings. The summed E-state index contributed by atoms with van der Waals surface area (Å²) in [6.07, 6.45) is 2.50. The molecule has 76 valence electrons. The number of hydrogen-bond acceptors (Lipinski definition) is 1. The first kappa shape index (κ1) is 9.61. The number of halogens is 2. The van der Waals surface area contributed by atoms with E-state index in [2.05, 4.69) is 33.0 Å². The van der Waals surface area contributed by atoms with Crippen molar-refractivity contribution in [3.63, 3.8) is 0 Å². The van der Waals surface area contributed by atoms with Gasteiger partial charge in [-0.25, -0.2) is 4.98 Å². The van der Waals surface area contributed by atoms with Crippen molar-refractivity contribution >= 4 is 38.4 Å². The molecule has 0 unspecified atom stereocenters. The second-order valence-corrected chi connectivity index (χ2v) is 5.25. The number of fused-ring (bicyclic) bond motifs is 1. The van der Waals surface area contributed by atoms with Gasteiger partial charge in [0.25, 0.3) is 0 Å². The Hall–Kier alpha value is -0.600. The molecular weight excluding hydrogens is 273 g/mol. The predicted molar refractivity (Wildman–Crippen MR) is 66.4 cm³/mol. The van der Waals surface area contributed by atoms with Crippen LogP contribution >= 0.6 is 27.5 Å². The monoisotopic (exact) mass is 281 g/mol. The summed E-state index contributed by atoms with van der Waals surface area (Å²) in [6.45, 7) is 0. The minimum absolute atomic E-state index is 0.647. The molecule has 1 fully saturated rings. The second-order valence-electron chi connectivity index (χ2n) is 3.98. The van der Waals surface area contributed by atoms with E-state index in [0.29, 0.717) is 11.1 Å². The van der Waals surface area contributed by atoms with Gasteiger partial charge in [0.15, 0.2) is 0 Å². The van der Waals surface area contributed by atoms with Crippen LogP contribution in [0.25, 0.3) is 10.9 Å². The van der Waals surface area contributed by atoms with E-state index in [9.17, 15) is 0 Å². The number of hydrogen-bond donors (Lipinski definition) is 0. The second kappa shape index (κ2) is 3.46. The van der Waals surface area contributed by atoms with Crippen molar-refractivity contribution in [1.82, 2.24) is 4.98 Å². The Balaban J connectivity index is 2.25. The molecule has 0 saturated heterocycles. The lowest BCUT2D eigenvalue weighted by Gasteiger charge is -2.04. The van der Waals surface area contributed by atoms with Crippen LogP contribution in [-0.4, -0.2) is 4.98 Å². The smallest absolute Gasteiger partial charge is 0.133 e. The van der Waals surface area contributed by atoms with E-state index in [1.807, 2.05) is 12.1 Å². The molecule has 0 N–H and O–H groups in total. The Morgan fingerprint density at radius 2 is 2.07 bits per heavy atom. The van der Waals surface area contributed by atoms with Gasteiger partial charge in [-0.1, -0.05) is 27.5 Å². The lowest BCUT2D eigenvalue weighted by Crippen LogP contribution is -1.87. The molecule has 1 aromatic heterocycles. The third-order valence-corrected chi connectivity index (χ3v) is 3.57. The van der Waals surface area contributed by atoms with E-state index in [4.69, 9.17) is 11.6 Å². The van der Waals surface area contributed by atoms with E-state index in [1.165, 1.54) is 18.4 Å². The molecule has 0 bridgehead atoms. The highest BCUT2D eigenvalue weighted by Crippen LogP contribution is 2.43. The molecule has 3 heteroatoms. The van der Waals surface area contributed by atoms with E-state index in [1.54, 1.807) is 0 Å². The molecule has 0 spiro atoms. The van der Waals surface area contributed by atoms with E-state index in [-0.39, 0.29) is 0 Å². The largest absolute Gasteiger partial charge is 0.236 e. The van der Waals surface area contributed by atoms with Gasteiger partial charge in [-0.2, -0.15) is 0 Å². The Labute approximate surface area is 102 Å². The number of aromatic nitrogens is 1. The number of nitrogens with zero attached hydrogens (tertiary/aromatic N) is 1. The Bertz CT molecular complexity index is 534. The van der Waals surface area contributed by atoms with Gasteiger partial charge in [0.1, 0.15) is 5.15 Å². The van der Waals surface area contributed by atoms with Crippen LogP contribution in [0.1, 0.15) is 24.3 Å². The van der Waals surface area contributed by atoms with Crippen molar-refractivity contribution in [3.8, 4) is 0 Å². The fourth-order valence-corrected chi connectivity index (χ4v) is 2.50. The van der Waals surface area contributed by atoms with Crippen LogP contribution in [0, 0.1) is 0 Å². The molecule has 3 rings (SSSR count). The zero-order valence-electron chi connectivity index (χ0n) is 8.00. The zero-order valence-corrected chi connectivity index (χ0v) is 10.3. The molecule has 0 radical (unpaired) electrons. The van der Waals surface area contributed by atoms with Crippen molar-refractivity contribution < 1.29 is 0 Å². The summed E-state index contributed by atoms with van der Waals surface area (Å²) in [5.74, 6) is 0.647. The van der Waals surface area contributed by atoms with Gasteiger partial charge >= 0.3 is 0 Å². The van der Waals surface area contributed by atoms with Crippen LogP contribution < -0.4 is 0 Å². The average molecular weight is 283 g/mol. The van der Waals surface area contributed by atoms with Crippen LogP contribution in [-0.2, 0) is 0 Å². The van der Waals surface area contributed by atoms with E-state index < -0.39 is 0 Å². The summed E-state index contributed by atoms with van der Waals surface area (Å²) in [4.78, 5) is 4.42. The van der Waals surface area contributed by atoms with Gasteiger partial charge in [0.2, 0.25) is 0 Å². The van der Waals surface area contributed by atoms with Crippen molar-refractivity contribution in [3.05, 3.63) is 39.5 Å². The first-order chi connectivity index (χ1) is 7.24. The topological polar surface area (TPSA) is 12.9 Å². The lowest BCUT2D eigenvalue weighted by molar-refractivity contribution is 1.11. The molecule has 0 atom stereocenters. The zero-order chi connectivity index (χ0) is 10.4. The van der Waals surface area contributed by atoms with Crippen LogP contribution in [0.4, 0.5) is 0 Å². The van der Waals surface area contributed by atoms with Crippen LogP contribution in [0.15, 0.2) is 28.7 Å². The van der Waals surface area contributed by atoms with E-state index in [0.717, 1.165) is 15.4 Å². The van der Waals surface area contributed by atoms with Crippen LogP contribution in [0.3, 0.4) is 0 Å². The summed E-state index contributed by atoms with van der Waals surface area (Å²) >= 11 is 9.62. The first-order valence-corrected chi connectivity index (χ1v) is 6.17. The fourth-order valence-electron chi connectivity index (χ4n) is 1.82. The minimum atomic E-state index is 0.647. The molecule has 1 heterocycles. The Morgan fingerprint density at radius 3 is 2.80 bits per heavy atom. The minimum Gasteiger partial charge on any atom is -0.236 e. The molecule has 0 amide bonds. The third-order valence-electron chi connectivity index (χ3n) is 2.77. The standard InChI is InChI=1S/C12H9BrClN/c13-9-3-4-11-8(5-9)6-10(7-1-2-7)12(14)15-11/h3-7H,1-2H2. The van der Waals surface area contributed by atoms with Gasteiger partial charge in [0.05, 0.1) is 5.52 Å². The van der Waals surface area contributed by atoms with Gasteiger partial charge in [-0.05, 0) is 48.6 Å². The molecule has 2 aromatic rings. The molecule has 1 saturated carbocycles. The normalized spacial score (nSPS) is 15.9. The maximum Gasteiger partial charge on any atom is 0.133 e. The summed E-state index contributed by atoms with van der Waals surface area (Å²) in [5.41, 5.74) is 2.18. The highest BCUT2D eigenvalue weighted by molar-refractivity contribution is 9.10. The quantitative estimate of drug-likeness (QED) is 0.700. The summed E-state index contributed by atoms with van der Waals surface area (Å²) in [6, 6.07) is 8.24. The van der Waals surface area contributed by atoms with Gasteiger partial charge in [0, 0.05) is 9.86 Å². The van der Waals surface area contributed by atoms with Crippen molar-refractivity contribution in [1.29, 1.82) is 0 Å². The first-order valence-electron chi connectivity index (χ1n) is 5.00. The number of pyridine rings is 1. The number of benzene rings is 1. The average Bonchev–Trinajstić information content (AvgIpc) is 3.01. The van der Waals surface area contributed by atoms with Gasteiger partial charge in [-0.3, -0.25) is 0 Å². The van der Waals surface area contributed by atoms with Gasteiger partial charge < -0.3 is 0 Å². The highest BCUT2D eigenvalue weighted by atomic mass is 79.9. The SMILES string of the molecule is Clc1nc2ccc(Br)cc2cc1C1CC1. The summed E-state index contributed by atoms with van der Waals surface area (Å²) < 4.78 is 1.08. The molecule has 1 nitrogen and oxygen atoms in total. The summed E-state index contributed by atoms with van der Waals surface area (Å²) in [7, 11) is 0. The Morgan fingerprint density at radius 1 is 1.27 bits per heavy atom. The highest BCUT2D eigenvalue weighted by Gasteiger charge is 2.26. The summed E-state index contributed by atoms with van der Waals surface area (Å²) in [5, 5.41) is 1.84. The van der Waals surface area contributed by atoms with Crippen LogP contribution in [0.2, 0.25) is 5.15 Å². The van der Waals surface area contributed by atoms with Crippen molar-refractivity contribution in [2.24, 2.45) is 0 Å². The molecule has 1 aliphatic carbocycles. The lowest BCUT2D eigenvalue weighted by atomic mass is 10.1. The molecule has 1 aromatic carbocycles. The Kier molecular flexibility index (Phi) is 2.22. The molecular formula is C12H9BrClN. The van der Waals surface area contributed by atoms with Crippen molar-refractivity contribution in [2.75, 3.05) is 0 Å². The number of rotatable bonds is 1. The maximum atomic E-state index is 6.16. The van der Waals surface area contributed by atoms with Gasteiger partial charge in [-0.15, -0.1) is 0 Å². The predicted octanol–water partition coefficient (Wildman–Crippen LogP) is 4.53. The fraction of sp³-hybridized carbons (Fsp3) is 0.250. The maximum absolute atomic E-state index is 6.16. The molecule has 15 heavy (non-hydrogen) atoms. The third kappa shape index (κ3) is 1.77.